The molecule has 32 heavy (non-hydrogen) atoms. The van der Waals surface area contributed by atoms with Gasteiger partial charge in [-0.1, -0.05) is 6.07 Å². The molecule has 1 aromatic rings. The van der Waals surface area contributed by atoms with Crippen LogP contribution >= 0.6 is 24.0 Å². The van der Waals surface area contributed by atoms with Crippen molar-refractivity contribution in [1.82, 2.24) is 15.5 Å². The third kappa shape index (κ3) is 9.67. The lowest BCUT2D eigenvalue weighted by atomic mass is 10.0. The van der Waals surface area contributed by atoms with Crippen LogP contribution in [-0.2, 0) is 22.2 Å². The van der Waals surface area contributed by atoms with Crippen molar-refractivity contribution in [1.29, 1.82) is 0 Å². The number of nitrogens with one attached hydrogen (secondary N) is 2. The highest BCUT2D eigenvalue weighted by Gasteiger charge is 2.34. The molecule has 1 heterocycles. The molecule has 0 aromatic heterocycles. The first-order chi connectivity index (χ1) is 14.8. The number of hydrogen-bond donors (Lipinski definition) is 2. The maximum atomic E-state index is 13.7. The van der Waals surface area contributed by atoms with Gasteiger partial charge >= 0.3 is 6.18 Å². The molecule has 7 nitrogen and oxygen atoms in total. The summed E-state index contributed by atoms with van der Waals surface area (Å²) >= 11 is 0. The number of hydrogen-bond acceptors (Lipinski definition) is 5. The van der Waals surface area contributed by atoms with Crippen LogP contribution in [0.25, 0.3) is 0 Å². The van der Waals surface area contributed by atoms with Crippen LogP contribution in [0.15, 0.2) is 23.2 Å². The van der Waals surface area contributed by atoms with E-state index in [0.717, 1.165) is 19.5 Å². The van der Waals surface area contributed by atoms with E-state index in [1.165, 1.54) is 12.1 Å². The minimum absolute atomic E-state index is 0. The van der Waals surface area contributed by atoms with E-state index in [1.807, 2.05) is 11.9 Å². The first kappa shape index (κ1) is 28.7. The van der Waals surface area contributed by atoms with Crippen molar-refractivity contribution in [3.63, 3.8) is 0 Å². The van der Waals surface area contributed by atoms with E-state index in [1.54, 1.807) is 20.2 Å². The minimum Gasteiger partial charge on any atom is -0.385 e. The quantitative estimate of drug-likeness (QED) is 0.195. The smallest absolute Gasteiger partial charge is 0.385 e. The first-order valence-corrected chi connectivity index (χ1v) is 10.5. The summed E-state index contributed by atoms with van der Waals surface area (Å²) in [5, 5.41) is 6.13. The Kier molecular flexibility index (Phi) is 13.2. The first-order valence-electron chi connectivity index (χ1n) is 10.5. The monoisotopic (exact) mass is 573 g/mol. The van der Waals surface area contributed by atoms with Gasteiger partial charge in [-0.15, -0.1) is 24.0 Å². The number of aliphatic imine (C=N–C) groups is 1. The third-order valence-corrected chi connectivity index (χ3v) is 5.12. The molecule has 1 aliphatic heterocycles. The van der Waals surface area contributed by atoms with Crippen molar-refractivity contribution in [3.8, 4) is 0 Å². The van der Waals surface area contributed by atoms with Gasteiger partial charge in [-0.2, -0.15) is 13.2 Å². The Morgan fingerprint density at radius 2 is 1.94 bits per heavy atom. The molecule has 1 saturated heterocycles. The van der Waals surface area contributed by atoms with E-state index in [0.29, 0.717) is 51.1 Å². The summed E-state index contributed by atoms with van der Waals surface area (Å²) in [5.41, 5.74) is 0.125. The Balaban J connectivity index is 0.00000512. The fourth-order valence-corrected chi connectivity index (χ4v) is 3.36. The zero-order valence-electron chi connectivity index (χ0n) is 19.0. The van der Waals surface area contributed by atoms with Gasteiger partial charge in [0.15, 0.2) is 5.96 Å². The van der Waals surface area contributed by atoms with Gasteiger partial charge in [0.05, 0.1) is 18.8 Å². The van der Waals surface area contributed by atoms with E-state index in [4.69, 9.17) is 9.47 Å². The van der Waals surface area contributed by atoms with Crippen molar-refractivity contribution in [2.24, 2.45) is 4.99 Å². The lowest BCUT2D eigenvalue weighted by Gasteiger charge is -2.29. The van der Waals surface area contributed by atoms with Crippen molar-refractivity contribution in [2.75, 3.05) is 78.6 Å². The molecule has 0 amide bonds. The van der Waals surface area contributed by atoms with Crippen molar-refractivity contribution in [2.45, 2.75) is 19.1 Å². The van der Waals surface area contributed by atoms with Gasteiger partial charge in [-0.3, -0.25) is 4.99 Å². The highest BCUT2D eigenvalue weighted by molar-refractivity contribution is 14.0. The lowest BCUT2D eigenvalue weighted by Crippen LogP contribution is -2.41. The third-order valence-electron chi connectivity index (χ3n) is 5.12. The molecule has 0 unspecified atom stereocenters. The molecule has 2 rings (SSSR count). The summed E-state index contributed by atoms with van der Waals surface area (Å²) < 4.78 is 51.4. The SMILES string of the molecule is CN=C(NCCN(C)CCCOC)NCc1ccc(N2CCOCC2)cc1C(F)(F)F.I. The van der Waals surface area contributed by atoms with Crippen molar-refractivity contribution in [3.05, 3.63) is 29.3 Å². The summed E-state index contributed by atoms with van der Waals surface area (Å²) in [7, 11) is 5.29. The highest BCUT2D eigenvalue weighted by atomic mass is 127. The molecule has 0 bridgehead atoms. The normalized spacial score (nSPS) is 15.0. The standard InChI is InChI=1S/C21H34F3N5O2.HI/c1-25-20(26-7-9-28(2)8-4-12-30-3)27-16-17-5-6-18(15-19(17)21(22,23)24)29-10-13-31-14-11-29;/h5-6,15H,4,7-14,16H2,1-3H3,(H2,25,26,27);1H. The zero-order valence-corrected chi connectivity index (χ0v) is 21.3. The number of benzene rings is 1. The van der Waals surface area contributed by atoms with Gasteiger partial charge in [0, 0.05) is 65.7 Å². The Morgan fingerprint density at radius 3 is 2.56 bits per heavy atom. The number of methoxy groups -OCH3 is 1. The van der Waals surface area contributed by atoms with Crippen LogP contribution in [0.4, 0.5) is 18.9 Å². The molecule has 0 radical (unpaired) electrons. The second kappa shape index (κ2) is 14.8. The number of morpholine rings is 1. The number of ether oxygens (including phenoxy) is 2. The van der Waals surface area contributed by atoms with E-state index >= 15 is 0 Å². The van der Waals surface area contributed by atoms with Crippen LogP contribution in [0, 0.1) is 0 Å². The predicted molar refractivity (Wildman–Crippen MR) is 132 cm³/mol. The maximum absolute atomic E-state index is 13.7. The Hall–Kier alpha value is -1.31. The van der Waals surface area contributed by atoms with Gasteiger partial charge in [-0.25, -0.2) is 0 Å². The van der Waals surface area contributed by atoms with Crippen molar-refractivity contribution >= 4 is 35.6 Å². The maximum Gasteiger partial charge on any atom is 0.416 e. The summed E-state index contributed by atoms with van der Waals surface area (Å²) in [6.07, 6.45) is -3.48. The Morgan fingerprint density at radius 1 is 1.22 bits per heavy atom. The topological polar surface area (TPSA) is 61.4 Å². The fraction of sp³-hybridized carbons (Fsp3) is 0.667. The predicted octanol–water partition coefficient (Wildman–Crippen LogP) is 2.79. The molecule has 0 aliphatic carbocycles. The number of anilines is 1. The van der Waals surface area contributed by atoms with Gasteiger partial charge in [-0.05, 0) is 31.2 Å². The van der Waals surface area contributed by atoms with E-state index in [2.05, 4.69) is 20.5 Å². The highest BCUT2D eigenvalue weighted by Crippen LogP contribution is 2.35. The Bertz CT molecular complexity index is 701. The van der Waals surface area contributed by atoms with E-state index in [-0.39, 0.29) is 36.1 Å². The molecule has 184 valence electrons. The minimum atomic E-state index is -4.43. The number of nitrogens with zero attached hydrogens (tertiary/aromatic N) is 3. The second-order valence-corrected chi connectivity index (χ2v) is 7.44. The van der Waals surface area contributed by atoms with Crippen LogP contribution in [0.3, 0.4) is 0 Å². The average molecular weight is 573 g/mol. The van der Waals surface area contributed by atoms with Gasteiger partial charge < -0.3 is 29.9 Å². The molecule has 0 saturated carbocycles. The summed E-state index contributed by atoms with van der Waals surface area (Å²) in [6.45, 7) is 5.29. The number of alkyl halides is 3. The molecule has 1 aliphatic rings. The average Bonchev–Trinajstić information content (AvgIpc) is 2.76. The summed E-state index contributed by atoms with van der Waals surface area (Å²) in [5.74, 6) is 0.468. The Labute approximate surface area is 205 Å². The molecule has 2 N–H and O–H groups in total. The second-order valence-electron chi connectivity index (χ2n) is 7.44. The lowest BCUT2D eigenvalue weighted by molar-refractivity contribution is -0.138. The molecule has 1 fully saturated rings. The number of guanidine groups is 1. The molecule has 0 atom stereocenters. The van der Waals surface area contributed by atoms with Crippen LogP contribution in [0.5, 0.6) is 0 Å². The molecule has 0 spiro atoms. The largest absolute Gasteiger partial charge is 0.416 e. The molecular formula is C21H35F3IN5O2. The molecule has 11 heteroatoms. The van der Waals surface area contributed by atoms with Crippen LogP contribution in [0.2, 0.25) is 0 Å². The fourth-order valence-electron chi connectivity index (χ4n) is 3.36. The number of rotatable bonds is 10. The van der Waals surface area contributed by atoms with Gasteiger partial charge in [0.1, 0.15) is 0 Å². The molecular weight excluding hydrogens is 538 g/mol. The zero-order chi connectivity index (χ0) is 22.7. The van der Waals surface area contributed by atoms with Crippen LogP contribution < -0.4 is 15.5 Å². The van der Waals surface area contributed by atoms with E-state index in [9.17, 15) is 13.2 Å². The molecule has 1 aromatic carbocycles. The van der Waals surface area contributed by atoms with E-state index < -0.39 is 11.7 Å². The number of likely N-dealkylation sites (N-methyl/N-ethyl adjacent to an activating group) is 1. The van der Waals surface area contributed by atoms with Crippen LogP contribution in [0.1, 0.15) is 17.5 Å². The summed E-state index contributed by atoms with van der Waals surface area (Å²) in [6, 6.07) is 4.51. The summed E-state index contributed by atoms with van der Waals surface area (Å²) in [4.78, 5) is 8.19. The number of halogens is 4. The van der Waals surface area contributed by atoms with Gasteiger partial charge in [0.2, 0.25) is 0 Å². The van der Waals surface area contributed by atoms with Crippen molar-refractivity contribution < 1.29 is 22.6 Å². The van der Waals surface area contributed by atoms with Crippen LogP contribution in [-0.4, -0.2) is 84.6 Å². The van der Waals surface area contributed by atoms with Gasteiger partial charge in [0.25, 0.3) is 0 Å².